The molecule has 1 amide bonds. The molecule has 0 aliphatic heterocycles. The Labute approximate surface area is 125 Å². The number of hydrogen-bond donors (Lipinski definition) is 2. The summed E-state index contributed by atoms with van der Waals surface area (Å²) in [4.78, 5) is 21.9. The number of aryl methyl sites for hydroxylation is 1. The van der Waals surface area contributed by atoms with Crippen LogP contribution in [-0.4, -0.2) is 10.8 Å². The van der Waals surface area contributed by atoms with E-state index in [0.717, 1.165) is 5.56 Å². The summed E-state index contributed by atoms with van der Waals surface area (Å²) in [5.74, 6) is -0.401. The third kappa shape index (κ3) is 3.70. The Morgan fingerprint density at radius 2 is 1.86 bits per heavy atom. The predicted molar refractivity (Wildman–Crippen MR) is 80.4 cm³/mol. The number of rotatable bonds is 4. The van der Waals surface area contributed by atoms with Gasteiger partial charge in [-0.3, -0.25) is 25.8 Å². The van der Waals surface area contributed by atoms with E-state index >= 15 is 0 Å². The van der Waals surface area contributed by atoms with Crippen LogP contribution in [0.25, 0.3) is 0 Å². The minimum absolute atomic E-state index is 0.0650. The smallest absolute Gasteiger partial charge is 0.269 e. The summed E-state index contributed by atoms with van der Waals surface area (Å²) in [6, 6.07) is 10.6. The van der Waals surface area contributed by atoms with Crippen molar-refractivity contribution < 1.29 is 9.72 Å². The molecule has 0 aromatic heterocycles. The molecule has 0 spiro atoms. The highest BCUT2D eigenvalue weighted by atomic mass is 35.5. The van der Waals surface area contributed by atoms with Crippen molar-refractivity contribution in [1.82, 2.24) is 5.43 Å². The number of halogens is 1. The number of hydrazine groups is 1. The summed E-state index contributed by atoms with van der Waals surface area (Å²) < 4.78 is 0. The molecular formula is C14H12ClN3O3. The van der Waals surface area contributed by atoms with Gasteiger partial charge in [0, 0.05) is 22.7 Å². The van der Waals surface area contributed by atoms with Crippen molar-refractivity contribution in [1.29, 1.82) is 0 Å². The zero-order chi connectivity index (χ0) is 15.4. The minimum Gasteiger partial charge on any atom is -0.298 e. The van der Waals surface area contributed by atoms with Crippen molar-refractivity contribution in [3.8, 4) is 0 Å². The Hall–Kier alpha value is -2.60. The van der Waals surface area contributed by atoms with Crippen LogP contribution in [0.1, 0.15) is 15.9 Å². The van der Waals surface area contributed by atoms with Crippen LogP contribution in [0.15, 0.2) is 42.5 Å². The summed E-state index contributed by atoms with van der Waals surface area (Å²) in [5.41, 5.74) is 7.04. The number of nitrogens with zero attached hydrogens (tertiary/aromatic N) is 1. The first-order valence-electron chi connectivity index (χ1n) is 6.04. The second-order valence-electron chi connectivity index (χ2n) is 4.35. The molecule has 0 unspecified atom stereocenters. The van der Waals surface area contributed by atoms with Crippen molar-refractivity contribution in [2.24, 2.45) is 0 Å². The SMILES string of the molecule is Cc1ccc(NNC(=O)c2ccc([N+](=O)[O-])cc2)cc1Cl. The number of non-ortho nitro benzene ring substituents is 1. The van der Waals surface area contributed by atoms with Gasteiger partial charge in [0.25, 0.3) is 11.6 Å². The number of hydrogen-bond acceptors (Lipinski definition) is 4. The largest absolute Gasteiger partial charge is 0.298 e. The summed E-state index contributed by atoms with van der Waals surface area (Å²) in [6.45, 7) is 1.88. The lowest BCUT2D eigenvalue weighted by atomic mass is 10.2. The lowest BCUT2D eigenvalue weighted by Crippen LogP contribution is -2.29. The van der Waals surface area contributed by atoms with E-state index < -0.39 is 10.8 Å². The number of carbonyl (C=O) groups is 1. The first kappa shape index (κ1) is 14.8. The molecule has 0 fully saturated rings. The van der Waals surface area contributed by atoms with Gasteiger partial charge in [-0.05, 0) is 36.8 Å². The Bertz CT molecular complexity index is 686. The summed E-state index contributed by atoms with van der Waals surface area (Å²) in [5, 5.41) is 11.1. The second-order valence-corrected chi connectivity index (χ2v) is 4.75. The van der Waals surface area contributed by atoms with E-state index in [1.54, 1.807) is 12.1 Å². The number of nitro benzene ring substituents is 1. The fourth-order valence-corrected chi connectivity index (χ4v) is 1.79. The lowest BCUT2D eigenvalue weighted by molar-refractivity contribution is -0.384. The number of amides is 1. The number of carbonyl (C=O) groups excluding carboxylic acids is 1. The van der Waals surface area contributed by atoms with E-state index in [1.807, 2.05) is 13.0 Å². The van der Waals surface area contributed by atoms with E-state index in [1.165, 1.54) is 24.3 Å². The van der Waals surface area contributed by atoms with E-state index in [-0.39, 0.29) is 5.69 Å². The van der Waals surface area contributed by atoms with Crippen molar-refractivity contribution in [2.45, 2.75) is 6.92 Å². The molecule has 0 saturated carbocycles. The summed E-state index contributed by atoms with van der Waals surface area (Å²) in [6.07, 6.45) is 0. The standard InChI is InChI=1S/C14H12ClN3O3/c1-9-2-5-11(8-13(9)15)16-17-14(19)10-3-6-12(7-4-10)18(20)21/h2-8,16H,1H3,(H,17,19). The van der Waals surface area contributed by atoms with Crippen LogP contribution >= 0.6 is 11.6 Å². The molecule has 21 heavy (non-hydrogen) atoms. The highest BCUT2D eigenvalue weighted by molar-refractivity contribution is 6.31. The average molecular weight is 306 g/mol. The van der Waals surface area contributed by atoms with Crippen molar-refractivity contribution in [3.63, 3.8) is 0 Å². The number of nitro groups is 1. The topological polar surface area (TPSA) is 84.3 Å². The van der Waals surface area contributed by atoms with Crippen LogP contribution in [0.3, 0.4) is 0 Å². The van der Waals surface area contributed by atoms with Gasteiger partial charge in [0.1, 0.15) is 0 Å². The van der Waals surface area contributed by atoms with Crippen molar-refractivity contribution in [2.75, 3.05) is 5.43 Å². The zero-order valence-electron chi connectivity index (χ0n) is 11.1. The van der Waals surface area contributed by atoms with Gasteiger partial charge in [-0.2, -0.15) is 0 Å². The number of nitrogens with one attached hydrogen (secondary N) is 2. The van der Waals surface area contributed by atoms with Crippen molar-refractivity contribution in [3.05, 3.63) is 68.7 Å². The van der Waals surface area contributed by atoms with E-state index in [0.29, 0.717) is 16.3 Å². The van der Waals surface area contributed by atoms with Gasteiger partial charge in [0.2, 0.25) is 0 Å². The highest BCUT2D eigenvalue weighted by Gasteiger charge is 2.09. The van der Waals surface area contributed by atoms with Crippen molar-refractivity contribution >= 4 is 28.9 Å². The van der Waals surface area contributed by atoms with Crippen LogP contribution in [0.2, 0.25) is 5.02 Å². The average Bonchev–Trinajstić information content (AvgIpc) is 2.48. The fraction of sp³-hybridized carbons (Fsp3) is 0.0714. The molecule has 0 heterocycles. The Balaban J connectivity index is 2.01. The van der Waals surface area contributed by atoms with Crippen LogP contribution in [0.5, 0.6) is 0 Å². The maximum atomic E-state index is 11.9. The maximum Gasteiger partial charge on any atom is 0.269 e. The number of benzene rings is 2. The highest BCUT2D eigenvalue weighted by Crippen LogP contribution is 2.19. The molecule has 0 aliphatic rings. The zero-order valence-corrected chi connectivity index (χ0v) is 11.8. The van der Waals surface area contributed by atoms with Gasteiger partial charge in [-0.15, -0.1) is 0 Å². The third-order valence-electron chi connectivity index (χ3n) is 2.83. The molecule has 108 valence electrons. The third-order valence-corrected chi connectivity index (χ3v) is 3.24. The molecule has 0 aliphatic carbocycles. The molecule has 0 radical (unpaired) electrons. The van der Waals surface area contributed by atoms with Gasteiger partial charge in [-0.25, -0.2) is 0 Å². The van der Waals surface area contributed by atoms with Gasteiger partial charge in [0.15, 0.2) is 0 Å². The summed E-state index contributed by atoms with van der Waals surface area (Å²) in [7, 11) is 0. The molecule has 0 bridgehead atoms. The Kier molecular flexibility index (Phi) is 4.39. The van der Waals surface area contributed by atoms with Crippen LogP contribution < -0.4 is 10.9 Å². The molecule has 0 atom stereocenters. The monoisotopic (exact) mass is 305 g/mol. The predicted octanol–water partition coefficient (Wildman–Crippen LogP) is 3.31. The quantitative estimate of drug-likeness (QED) is 0.670. The van der Waals surface area contributed by atoms with Crippen LogP contribution in [0.4, 0.5) is 11.4 Å². The number of anilines is 1. The summed E-state index contributed by atoms with van der Waals surface area (Å²) >= 11 is 5.98. The molecular weight excluding hydrogens is 294 g/mol. The van der Waals surface area contributed by atoms with Gasteiger partial charge < -0.3 is 0 Å². The van der Waals surface area contributed by atoms with Gasteiger partial charge in [-0.1, -0.05) is 17.7 Å². The molecule has 0 saturated heterocycles. The fourth-order valence-electron chi connectivity index (χ4n) is 1.61. The molecule has 6 nitrogen and oxygen atoms in total. The van der Waals surface area contributed by atoms with Crippen LogP contribution in [0, 0.1) is 17.0 Å². The van der Waals surface area contributed by atoms with E-state index in [2.05, 4.69) is 10.9 Å². The Morgan fingerprint density at radius 3 is 2.43 bits per heavy atom. The van der Waals surface area contributed by atoms with E-state index in [4.69, 9.17) is 11.6 Å². The first-order valence-corrected chi connectivity index (χ1v) is 6.42. The maximum absolute atomic E-state index is 11.9. The minimum atomic E-state index is -0.520. The normalized spacial score (nSPS) is 10.0. The molecule has 2 N–H and O–H groups in total. The molecule has 2 aromatic carbocycles. The van der Waals surface area contributed by atoms with Gasteiger partial charge >= 0.3 is 0 Å². The lowest BCUT2D eigenvalue weighted by Gasteiger charge is -2.09. The first-order chi connectivity index (χ1) is 9.97. The molecule has 2 rings (SSSR count). The van der Waals surface area contributed by atoms with Gasteiger partial charge in [0.05, 0.1) is 10.6 Å². The van der Waals surface area contributed by atoms with E-state index in [9.17, 15) is 14.9 Å². The van der Waals surface area contributed by atoms with Crippen LogP contribution in [-0.2, 0) is 0 Å². The molecule has 2 aromatic rings. The molecule has 7 heteroatoms. The Morgan fingerprint density at radius 1 is 1.19 bits per heavy atom. The second kappa shape index (κ2) is 6.23.